The molecule has 7 nitrogen and oxygen atoms in total. The van der Waals surface area contributed by atoms with Crippen molar-refractivity contribution < 1.29 is 13.9 Å². The second-order valence-corrected chi connectivity index (χ2v) is 5.82. The number of carbonyl (C=O) groups excluding carboxylic acids is 1. The number of tetrazole rings is 1. The summed E-state index contributed by atoms with van der Waals surface area (Å²) in [4.78, 5) is 12.2. The first-order valence-corrected chi connectivity index (χ1v) is 8.67. The Bertz CT molecular complexity index is 895. The zero-order valence-corrected chi connectivity index (χ0v) is 14.9. The lowest BCUT2D eigenvalue weighted by Gasteiger charge is -2.08. The fraction of sp³-hybridized carbons (Fsp3) is 0.263. The Labute approximate surface area is 156 Å². The normalized spacial score (nSPS) is 10.6. The number of aromatic nitrogens is 4. The fourth-order valence-electron chi connectivity index (χ4n) is 2.54. The summed E-state index contributed by atoms with van der Waals surface area (Å²) in [7, 11) is 0. The van der Waals surface area contributed by atoms with Gasteiger partial charge in [0.2, 0.25) is 0 Å². The van der Waals surface area contributed by atoms with Gasteiger partial charge in [0.05, 0.1) is 0 Å². The highest BCUT2D eigenvalue weighted by Crippen LogP contribution is 2.14. The molecule has 1 N–H and O–H groups in total. The molecule has 2 aromatic carbocycles. The van der Waals surface area contributed by atoms with Crippen LogP contribution in [0.1, 0.15) is 28.7 Å². The van der Waals surface area contributed by atoms with Crippen molar-refractivity contribution in [1.82, 2.24) is 25.5 Å². The third-order valence-corrected chi connectivity index (χ3v) is 4.03. The van der Waals surface area contributed by atoms with Gasteiger partial charge in [0, 0.05) is 18.7 Å². The maximum Gasteiger partial charge on any atom is 0.251 e. The van der Waals surface area contributed by atoms with Crippen LogP contribution >= 0.6 is 0 Å². The number of hydrogen-bond acceptors (Lipinski definition) is 5. The maximum atomic E-state index is 13.6. The first-order chi connectivity index (χ1) is 13.2. The van der Waals surface area contributed by atoms with Gasteiger partial charge in [0.25, 0.3) is 5.91 Å². The summed E-state index contributed by atoms with van der Waals surface area (Å²) in [5, 5.41) is 14.1. The minimum atomic E-state index is -0.262. The van der Waals surface area contributed by atoms with Crippen molar-refractivity contribution in [3.8, 4) is 5.75 Å². The van der Waals surface area contributed by atoms with E-state index in [0.717, 1.165) is 0 Å². The quantitative estimate of drug-likeness (QED) is 0.659. The Morgan fingerprint density at radius 1 is 1.19 bits per heavy atom. The molecule has 0 aliphatic heterocycles. The van der Waals surface area contributed by atoms with Gasteiger partial charge in [-0.1, -0.05) is 18.2 Å². The molecule has 8 heteroatoms. The topological polar surface area (TPSA) is 81.9 Å². The number of nitrogens with one attached hydrogen (secondary N) is 1. The van der Waals surface area contributed by atoms with Crippen molar-refractivity contribution in [2.45, 2.75) is 26.5 Å². The van der Waals surface area contributed by atoms with Crippen molar-refractivity contribution in [3.63, 3.8) is 0 Å². The van der Waals surface area contributed by atoms with Crippen LogP contribution in [-0.4, -0.2) is 32.7 Å². The van der Waals surface area contributed by atoms with Crippen LogP contribution in [0.4, 0.5) is 4.39 Å². The molecule has 0 saturated carbocycles. The molecule has 0 aliphatic rings. The van der Waals surface area contributed by atoms with Crippen LogP contribution in [-0.2, 0) is 19.6 Å². The van der Waals surface area contributed by atoms with Gasteiger partial charge in [-0.3, -0.25) is 4.79 Å². The molecule has 1 aromatic heterocycles. The Kier molecular flexibility index (Phi) is 6.09. The Morgan fingerprint density at radius 2 is 1.96 bits per heavy atom. The lowest BCUT2D eigenvalue weighted by Crippen LogP contribution is -2.25. The third kappa shape index (κ3) is 4.87. The average molecular weight is 369 g/mol. The Morgan fingerprint density at radius 3 is 2.70 bits per heavy atom. The van der Waals surface area contributed by atoms with Gasteiger partial charge >= 0.3 is 0 Å². The van der Waals surface area contributed by atoms with Crippen molar-refractivity contribution in [3.05, 3.63) is 71.3 Å². The largest absolute Gasteiger partial charge is 0.486 e. The number of benzene rings is 2. The summed E-state index contributed by atoms with van der Waals surface area (Å²) < 4.78 is 20.9. The van der Waals surface area contributed by atoms with E-state index in [0.29, 0.717) is 42.2 Å². The van der Waals surface area contributed by atoms with E-state index in [2.05, 4.69) is 20.8 Å². The predicted molar refractivity (Wildman–Crippen MR) is 96.7 cm³/mol. The molecule has 140 valence electrons. The number of amides is 1. The highest BCUT2D eigenvalue weighted by Gasteiger charge is 2.08. The molecule has 1 amide bonds. The maximum absolute atomic E-state index is 13.6. The number of halogens is 1. The third-order valence-electron chi connectivity index (χ3n) is 4.03. The van der Waals surface area contributed by atoms with Crippen molar-refractivity contribution in [2.24, 2.45) is 0 Å². The first kappa shape index (κ1) is 18.5. The highest BCUT2D eigenvalue weighted by atomic mass is 19.1. The van der Waals surface area contributed by atoms with Gasteiger partial charge in [0.15, 0.2) is 5.82 Å². The molecule has 0 atom stereocenters. The van der Waals surface area contributed by atoms with E-state index in [1.807, 2.05) is 6.92 Å². The number of rotatable bonds is 8. The van der Waals surface area contributed by atoms with Gasteiger partial charge in [-0.2, -0.15) is 0 Å². The minimum absolute atomic E-state index is 0.215. The number of hydrogen-bond donors (Lipinski definition) is 1. The molecule has 0 bridgehead atoms. The van der Waals surface area contributed by atoms with Crippen LogP contribution in [0.3, 0.4) is 0 Å². The van der Waals surface area contributed by atoms with Crippen LogP contribution in [0.2, 0.25) is 0 Å². The minimum Gasteiger partial charge on any atom is -0.486 e. The van der Waals surface area contributed by atoms with E-state index in [1.54, 1.807) is 47.1 Å². The van der Waals surface area contributed by atoms with Crippen LogP contribution in [0.25, 0.3) is 0 Å². The van der Waals surface area contributed by atoms with Gasteiger partial charge in [-0.25, -0.2) is 9.07 Å². The first-order valence-electron chi connectivity index (χ1n) is 8.67. The van der Waals surface area contributed by atoms with Crippen molar-refractivity contribution >= 4 is 5.91 Å². The fourth-order valence-corrected chi connectivity index (χ4v) is 2.54. The summed E-state index contributed by atoms with van der Waals surface area (Å²) in [6.45, 7) is 3.21. The van der Waals surface area contributed by atoms with E-state index >= 15 is 0 Å². The summed E-state index contributed by atoms with van der Waals surface area (Å²) in [6, 6.07) is 13.3. The van der Waals surface area contributed by atoms with Crippen LogP contribution < -0.4 is 10.1 Å². The molecule has 0 aliphatic carbocycles. The molecule has 0 saturated heterocycles. The summed E-state index contributed by atoms with van der Waals surface area (Å²) in [5.74, 6) is 0.770. The van der Waals surface area contributed by atoms with Crippen molar-refractivity contribution in [2.75, 3.05) is 6.54 Å². The van der Waals surface area contributed by atoms with Crippen LogP contribution in [0.5, 0.6) is 5.75 Å². The zero-order chi connectivity index (χ0) is 19.1. The molecule has 3 rings (SSSR count). The number of ether oxygens (including phenoxy) is 1. The Hall–Kier alpha value is -3.29. The second kappa shape index (κ2) is 8.88. The molecule has 0 spiro atoms. The van der Waals surface area contributed by atoms with E-state index in [4.69, 9.17) is 4.74 Å². The number of aryl methyl sites for hydroxylation is 1. The van der Waals surface area contributed by atoms with Gasteiger partial charge < -0.3 is 10.1 Å². The number of nitrogens with zero attached hydrogens (tertiary/aromatic N) is 4. The van der Waals surface area contributed by atoms with Crippen LogP contribution in [0.15, 0.2) is 48.5 Å². The lowest BCUT2D eigenvalue weighted by atomic mass is 10.1. The van der Waals surface area contributed by atoms with Gasteiger partial charge in [-0.05, 0) is 59.7 Å². The van der Waals surface area contributed by atoms with Gasteiger partial charge in [0.1, 0.15) is 18.2 Å². The van der Waals surface area contributed by atoms with Crippen LogP contribution in [0, 0.1) is 5.82 Å². The highest BCUT2D eigenvalue weighted by molar-refractivity contribution is 5.94. The SMILES string of the molecule is CCn1nnnc1COc1ccc(C(=O)NCCc2ccccc2F)cc1. The number of carbonyl (C=O) groups is 1. The summed E-state index contributed by atoms with van der Waals surface area (Å²) >= 11 is 0. The molecule has 0 unspecified atom stereocenters. The second-order valence-electron chi connectivity index (χ2n) is 5.82. The zero-order valence-electron chi connectivity index (χ0n) is 14.9. The smallest absolute Gasteiger partial charge is 0.251 e. The van der Waals surface area contributed by atoms with E-state index < -0.39 is 0 Å². The molecule has 27 heavy (non-hydrogen) atoms. The summed E-state index contributed by atoms with van der Waals surface area (Å²) in [5.41, 5.74) is 1.09. The van der Waals surface area contributed by atoms with Gasteiger partial charge in [-0.15, -0.1) is 5.10 Å². The average Bonchev–Trinajstić information content (AvgIpc) is 3.16. The molecular formula is C19H20FN5O2. The Balaban J connectivity index is 1.49. The summed E-state index contributed by atoms with van der Waals surface area (Å²) in [6.07, 6.45) is 0.436. The molecule has 0 fully saturated rings. The molecule has 1 heterocycles. The predicted octanol–water partition coefficient (Wildman–Crippen LogP) is 2.38. The lowest BCUT2D eigenvalue weighted by molar-refractivity contribution is 0.0954. The molecule has 3 aromatic rings. The standard InChI is InChI=1S/C19H20FN5O2/c1-2-25-18(22-23-24-25)13-27-16-9-7-15(8-10-16)19(26)21-12-11-14-5-3-4-6-17(14)20/h3-10H,2,11-13H2,1H3,(H,21,26). The van der Waals surface area contributed by atoms with E-state index in [-0.39, 0.29) is 18.3 Å². The monoisotopic (exact) mass is 369 g/mol. The molecular weight excluding hydrogens is 349 g/mol. The van der Waals surface area contributed by atoms with Crippen molar-refractivity contribution in [1.29, 1.82) is 0 Å². The van der Waals surface area contributed by atoms with E-state index in [1.165, 1.54) is 6.07 Å². The molecule has 0 radical (unpaired) electrons. The van der Waals surface area contributed by atoms with E-state index in [9.17, 15) is 9.18 Å².